The second-order valence-corrected chi connectivity index (χ2v) is 4.30. The molecule has 1 saturated heterocycles. The van der Waals surface area contributed by atoms with Crippen LogP contribution in [0.1, 0.15) is 20.8 Å². The van der Waals surface area contributed by atoms with Gasteiger partial charge in [0.25, 0.3) is 0 Å². The first kappa shape index (κ1) is 11.9. The maximum absolute atomic E-state index is 9.96. The molecule has 1 heterocycles. The van der Waals surface area contributed by atoms with Crippen LogP contribution in [0.5, 0.6) is 0 Å². The third-order valence-corrected chi connectivity index (χ3v) is 2.97. The predicted molar refractivity (Wildman–Crippen MR) is 51.4 cm³/mol. The lowest BCUT2D eigenvalue weighted by Crippen LogP contribution is -2.52. The maximum atomic E-state index is 9.96. The van der Waals surface area contributed by atoms with E-state index in [9.17, 15) is 10.2 Å². The second-order valence-electron chi connectivity index (χ2n) is 4.30. The van der Waals surface area contributed by atoms with Crippen molar-refractivity contribution < 1.29 is 19.7 Å². The summed E-state index contributed by atoms with van der Waals surface area (Å²) in [5.74, 6) is -0.174. The number of hydrogen-bond donors (Lipinski definition) is 2. The zero-order valence-electron chi connectivity index (χ0n) is 9.18. The van der Waals surface area contributed by atoms with Gasteiger partial charge in [0.05, 0.1) is 6.10 Å². The minimum Gasteiger partial charge on any atom is -0.392 e. The van der Waals surface area contributed by atoms with Gasteiger partial charge in [0.1, 0.15) is 0 Å². The molecule has 1 aliphatic rings. The van der Waals surface area contributed by atoms with Crippen molar-refractivity contribution in [2.75, 3.05) is 7.11 Å². The molecule has 2 N–H and O–H groups in total. The summed E-state index contributed by atoms with van der Waals surface area (Å²) in [5, 5.41) is 19.6. The summed E-state index contributed by atoms with van der Waals surface area (Å²) in [7, 11) is 1.51. The Bertz CT molecular complexity index is 183. The third-order valence-electron chi connectivity index (χ3n) is 2.97. The van der Waals surface area contributed by atoms with E-state index in [0.717, 1.165) is 0 Å². The van der Waals surface area contributed by atoms with Crippen LogP contribution in [0.25, 0.3) is 0 Å². The van der Waals surface area contributed by atoms with Crippen LogP contribution in [0.2, 0.25) is 0 Å². The Kier molecular flexibility index (Phi) is 3.89. The molecule has 0 aromatic heterocycles. The molecule has 1 unspecified atom stereocenters. The Morgan fingerprint density at radius 3 is 2.29 bits per heavy atom. The van der Waals surface area contributed by atoms with Gasteiger partial charge in [-0.15, -0.1) is 0 Å². The van der Waals surface area contributed by atoms with E-state index in [1.807, 2.05) is 20.8 Å². The quantitative estimate of drug-likeness (QED) is 0.690. The summed E-state index contributed by atoms with van der Waals surface area (Å²) in [4.78, 5) is 0. The highest BCUT2D eigenvalue weighted by molar-refractivity contribution is 4.84. The Labute approximate surface area is 84.8 Å². The van der Waals surface area contributed by atoms with Crippen LogP contribution in [0, 0.1) is 17.8 Å². The van der Waals surface area contributed by atoms with E-state index in [2.05, 4.69) is 0 Å². The topological polar surface area (TPSA) is 58.9 Å². The van der Waals surface area contributed by atoms with Crippen LogP contribution in [-0.4, -0.2) is 36.0 Å². The fraction of sp³-hybridized carbons (Fsp3) is 1.00. The molecule has 84 valence electrons. The van der Waals surface area contributed by atoms with Crippen LogP contribution in [0.3, 0.4) is 0 Å². The molecular formula is C10H20O4. The van der Waals surface area contributed by atoms with Crippen LogP contribution in [0.4, 0.5) is 0 Å². The lowest BCUT2D eigenvalue weighted by molar-refractivity contribution is -0.314. The SMILES string of the molecule is CO[C@H]1OC(O)[C@H](C(C)C)[C@@H](O)[C@@H]1C. The first-order valence-electron chi connectivity index (χ1n) is 5.03. The lowest BCUT2D eigenvalue weighted by Gasteiger charge is -2.42. The van der Waals surface area contributed by atoms with E-state index in [-0.39, 0.29) is 17.8 Å². The highest BCUT2D eigenvalue weighted by atomic mass is 16.7. The molecule has 0 amide bonds. The van der Waals surface area contributed by atoms with Crippen molar-refractivity contribution in [3.63, 3.8) is 0 Å². The van der Waals surface area contributed by atoms with E-state index in [1.165, 1.54) is 7.11 Å². The van der Waals surface area contributed by atoms with Gasteiger partial charge in [0.15, 0.2) is 12.6 Å². The third kappa shape index (κ3) is 2.08. The first-order valence-corrected chi connectivity index (χ1v) is 5.03. The molecule has 5 atom stereocenters. The van der Waals surface area contributed by atoms with Crippen LogP contribution >= 0.6 is 0 Å². The van der Waals surface area contributed by atoms with Gasteiger partial charge in [-0.1, -0.05) is 20.8 Å². The number of rotatable bonds is 2. The fourth-order valence-corrected chi connectivity index (χ4v) is 2.03. The lowest BCUT2D eigenvalue weighted by atomic mass is 9.81. The molecule has 1 fully saturated rings. The standard InChI is InChI=1S/C10H20O4/c1-5(2)7-8(11)6(3)10(13-4)14-9(7)12/h5-12H,1-4H3/t6-,7+,8-,9?,10-/m0/s1. The van der Waals surface area contributed by atoms with E-state index >= 15 is 0 Å². The largest absolute Gasteiger partial charge is 0.392 e. The van der Waals surface area contributed by atoms with Crippen LogP contribution < -0.4 is 0 Å². The summed E-state index contributed by atoms with van der Waals surface area (Å²) in [6, 6.07) is 0. The molecule has 0 spiro atoms. The highest BCUT2D eigenvalue weighted by Gasteiger charge is 2.43. The molecule has 1 rings (SSSR count). The predicted octanol–water partition coefficient (Wildman–Crippen LogP) is 0.577. The monoisotopic (exact) mass is 204 g/mol. The Morgan fingerprint density at radius 2 is 1.86 bits per heavy atom. The number of aliphatic hydroxyl groups excluding tert-OH is 2. The van der Waals surface area contributed by atoms with Crippen molar-refractivity contribution in [2.45, 2.75) is 39.5 Å². The molecule has 0 radical (unpaired) electrons. The number of ether oxygens (including phenoxy) is 2. The van der Waals surface area contributed by atoms with E-state index in [0.29, 0.717) is 0 Å². The summed E-state index contributed by atoms with van der Waals surface area (Å²) in [5.41, 5.74) is 0. The smallest absolute Gasteiger partial charge is 0.165 e. The minimum atomic E-state index is -0.939. The molecule has 0 aromatic rings. The minimum absolute atomic E-state index is 0.115. The molecule has 0 aromatic carbocycles. The van der Waals surface area contributed by atoms with Gasteiger partial charge >= 0.3 is 0 Å². The Hall–Kier alpha value is -0.160. The van der Waals surface area contributed by atoms with Gasteiger partial charge in [-0.05, 0) is 5.92 Å². The second kappa shape index (κ2) is 4.57. The molecule has 0 saturated carbocycles. The van der Waals surface area contributed by atoms with Crippen molar-refractivity contribution in [1.29, 1.82) is 0 Å². The first-order chi connectivity index (χ1) is 6.49. The highest BCUT2D eigenvalue weighted by Crippen LogP contribution is 2.33. The van der Waals surface area contributed by atoms with Gasteiger partial charge in [-0.2, -0.15) is 0 Å². The van der Waals surface area contributed by atoms with Gasteiger partial charge in [-0.25, -0.2) is 0 Å². The molecule has 4 heteroatoms. The van der Waals surface area contributed by atoms with Gasteiger partial charge in [-0.3, -0.25) is 0 Å². The summed E-state index contributed by atoms with van der Waals surface area (Å²) < 4.78 is 10.3. The molecule has 0 bridgehead atoms. The number of hydrogen-bond acceptors (Lipinski definition) is 4. The molecule has 4 nitrogen and oxygen atoms in total. The van der Waals surface area contributed by atoms with Gasteiger partial charge in [0.2, 0.25) is 0 Å². The average molecular weight is 204 g/mol. The average Bonchev–Trinajstić information content (AvgIpc) is 2.10. The van der Waals surface area contributed by atoms with E-state index in [1.54, 1.807) is 0 Å². The van der Waals surface area contributed by atoms with E-state index in [4.69, 9.17) is 9.47 Å². The van der Waals surface area contributed by atoms with Crippen LogP contribution in [0.15, 0.2) is 0 Å². The summed E-state index contributed by atoms with van der Waals surface area (Å²) >= 11 is 0. The van der Waals surface area contributed by atoms with Crippen molar-refractivity contribution in [3.05, 3.63) is 0 Å². The zero-order valence-corrected chi connectivity index (χ0v) is 9.18. The van der Waals surface area contributed by atoms with Gasteiger partial charge in [0, 0.05) is 18.9 Å². The molecule has 14 heavy (non-hydrogen) atoms. The van der Waals surface area contributed by atoms with Crippen molar-refractivity contribution in [2.24, 2.45) is 17.8 Å². The maximum Gasteiger partial charge on any atom is 0.165 e. The van der Waals surface area contributed by atoms with Crippen molar-refractivity contribution in [1.82, 2.24) is 0 Å². The summed E-state index contributed by atoms with van der Waals surface area (Å²) in [6.07, 6.45) is -2.04. The van der Waals surface area contributed by atoms with Crippen molar-refractivity contribution in [3.8, 4) is 0 Å². The van der Waals surface area contributed by atoms with Gasteiger partial charge < -0.3 is 19.7 Å². The molecule has 1 aliphatic heterocycles. The number of methoxy groups -OCH3 is 1. The fourth-order valence-electron chi connectivity index (χ4n) is 2.03. The summed E-state index contributed by atoms with van der Waals surface area (Å²) in [6.45, 7) is 5.78. The number of aliphatic hydroxyl groups is 2. The Morgan fingerprint density at radius 1 is 1.29 bits per heavy atom. The van der Waals surface area contributed by atoms with E-state index < -0.39 is 18.7 Å². The van der Waals surface area contributed by atoms with Crippen molar-refractivity contribution >= 4 is 0 Å². The van der Waals surface area contributed by atoms with Crippen LogP contribution in [-0.2, 0) is 9.47 Å². The molecule has 0 aliphatic carbocycles. The normalized spacial score (nSPS) is 44.4. The zero-order chi connectivity index (χ0) is 10.9. The molecular weight excluding hydrogens is 184 g/mol. The Balaban J connectivity index is 2.74.